The first-order chi connectivity index (χ1) is 13.2. The lowest BCUT2D eigenvalue weighted by Gasteiger charge is -2.08. The number of benzene rings is 2. The van der Waals surface area contributed by atoms with E-state index >= 15 is 0 Å². The van der Waals surface area contributed by atoms with Gasteiger partial charge >= 0.3 is 0 Å². The Hall–Kier alpha value is -3.00. The first-order valence-corrected chi connectivity index (χ1v) is 9.48. The van der Waals surface area contributed by atoms with Gasteiger partial charge in [-0.3, -0.25) is 4.98 Å². The number of allylic oxidation sites excluding steroid dienone is 1. The van der Waals surface area contributed by atoms with Gasteiger partial charge in [-0.05, 0) is 25.5 Å². The Morgan fingerprint density at radius 1 is 0.926 bits per heavy atom. The highest BCUT2D eigenvalue weighted by Crippen LogP contribution is 2.21. The molecule has 0 fully saturated rings. The van der Waals surface area contributed by atoms with Crippen molar-refractivity contribution in [3.63, 3.8) is 0 Å². The fraction of sp³-hybridized carbons (Fsp3) is 0.200. The topological polar surface area (TPSA) is 25.2 Å². The van der Waals surface area contributed by atoms with Crippen LogP contribution in [0, 0.1) is 6.92 Å². The minimum Gasteiger partial charge on any atom is -0.259 e. The van der Waals surface area contributed by atoms with Crippen molar-refractivity contribution in [2.75, 3.05) is 0 Å². The number of hydrogen-bond acceptors (Lipinski definition) is 2. The van der Waals surface area contributed by atoms with Gasteiger partial charge in [0.25, 0.3) is 0 Å². The van der Waals surface area contributed by atoms with Gasteiger partial charge in [0, 0.05) is 16.8 Å². The lowest BCUT2D eigenvalue weighted by molar-refractivity contribution is 1.09. The highest BCUT2D eigenvalue weighted by atomic mass is 14.8. The molecule has 0 unspecified atom stereocenters. The van der Waals surface area contributed by atoms with Crippen molar-refractivity contribution in [3.05, 3.63) is 101 Å². The molecule has 2 nitrogen and oxygen atoms in total. The van der Waals surface area contributed by atoms with E-state index in [-0.39, 0.29) is 0 Å². The molecule has 0 atom stereocenters. The Kier molecular flexibility index (Phi) is 8.18. The molecule has 27 heavy (non-hydrogen) atoms. The molecule has 0 amide bonds. The molecule has 0 radical (unpaired) electrons. The van der Waals surface area contributed by atoms with E-state index in [0.717, 1.165) is 33.8 Å². The van der Waals surface area contributed by atoms with Crippen LogP contribution < -0.4 is 0 Å². The summed E-state index contributed by atoms with van der Waals surface area (Å²) >= 11 is 0. The molecule has 0 spiro atoms. The lowest BCUT2D eigenvalue weighted by atomic mass is 10.0. The SMILES string of the molecule is C/C=C/c1cc(N=C(c2ccccc2)c2ccccc2)cnc1C.CCC. The molecule has 0 aliphatic carbocycles. The highest BCUT2D eigenvalue weighted by molar-refractivity contribution is 6.13. The molecule has 1 heterocycles. The zero-order valence-electron chi connectivity index (χ0n) is 16.7. The molecule has 0 aliphatic rings. The van der Waals surface area contributed by atoms with Gasteiger partial charge in [0.05, 0.1) is 17.6 Å². The largest absolute Gasteiger partial charge is 0.259 e. The van der Waals surface area contributed by atoms with Crippen molar-refractivity contribution in [2.24, 2.45) is 4.99 Å². The van der Waals surface area contributed by atoms with Gasteiger partial charge in [-0.1, -0.05) is 93.1 Å². The Morgan fingerprint density at radius 3 is 1.93 bits per heavy atom. The third-order valence-electron chi connectivity index (χ3n) is 3.79. The maximum atomic E-state index is 4.90. The van der Waals surface area contributed by atoms with Gasteiger partial charge in [0.1, 0.15) is 0 Å². The monoisotopic (exact) mass is 356 g/mol. The standard InChI is InChI=1S/C22H20N2.C3H8/c1-3-10-20-15-21(16-23-17(20)2)24-22(18-11-6-4-7-12-18)19-13-8-5-9-14-19;1-3-2/h3-16H,1-2H3;3H2,1-2H3/b10-3+;. The van der Waals surface area contributed by atoms with E-state index < -0.39 is 0 Å². The molecule has 3 aromatic rings. The number of aliphatic imine (C=N–C) groups is 1. The van der Waals surface area contributed by atoms with Crippen LogP contribution in [0.15, 0.2) is 84.0 Å². The Labute approximate surface area is 163 Å². The van der Waals surface area contributed by atoms with Crippen molar-refractivity contribution >= 4 is 17.5 Å². The Morgan fingerprint density at radius 2 is 1.44 bits per heavy atom. The van der Waals surface area contributed by atoms with Gasteiger partial charge in [0.2, 0.25) is 0 Å². The van der Waals surface area contributed by atoms with Crippen LogP contribution in [-0.2, 0) is 0 Å². The summed E-state index contributed by atoms with van der Waals surface area (Å²) in [5, 5.41) is 0. The van der Waals surface area contributed by atoms with Gasteiger partial charge < -0.3 is 0 Å². The van der Waals surface area contributed by atoms with Gasteiger partial charge in [0.15, 0.2) is 0 Å². The van der Waals surface area contributed by atoms with Crippen LogP contribution in [0.2, 0.25) is 0 Å². The molecule has 3 rings (SSSR count). The number of aryl methyl sites for hydroxylation is 1. The molecule has 1 aromatic heterocycles. The first kappa shape index (κ1) is 20.3. The summed E-state index contributed by atoms with van der Waals surface area (Å²) in [5.41, 5.74) is 6.10. The molecule has 2 heteroatoms. The van der Waals surface area contributed by atoms with Crippen LogP contribution in [0.5, 0.6) is 0 Å². The van der Waals surface area contributed by atoms with E-state index in [4.69, 9.17) is 4.99 Å². The van der Waals surface area contributed by atoms with Crippen molar-refractivity contribution < 1.29 is 0 Å². The first-order valence-electron chi connectivity index (χ1n) is 9.48. The number of pyridine rings is 1. The van der Waals surface area contributed by atoms with Crippen LogP contribution in [0.3, 0.4) is 0 Å². The molecule has 0 saturated carbocycles. The Bertz CT molecular complexity index is 837. The second-order valence-corrected chi connectivity index (χ2v) is 6.27. The Balaban J connectivity index is 0.000000817. The van der Waals surface area contributed by atoms with Crippen molar-refractivity contribution in [3.8, 4) is 0 Å². The van der Waals surface area contributed by atoms with Crippen molar-refractivity contribution in [1.29, 1.82) is 0 Å². The second kappa shape index (κ2) is 10.9. The van der Waals surface area contributed by atoms with Crippen molar-refractivity contribution in [1.82, 2.24) is 4.98 Å². The smallest absolute Gasteiger partial charge is 0.0826 e. The van der Waals surface area contributed by atoms with Gasteiger partial charge in [-0.15, -0.1) is 0 Å². The van der Waals surface area contributed by atoms with Crippen LogP contribution in [0.1, 0.15) is 49.6 Å². The maximum Gasteiger partial charge on any atom is 0.0826 e. The molecular formula is C25H28N2. The van der Waals surface area contributed by atoms with E-state index in [2.05, 4.69) is 55.2 Å². The zero-order chi connectivity index (χ0) is 19.5. The average molecular weight is 357 g/mol. The summed E-state index contributed by atoms with van der Waals surface area (Å²) in [6.45, 7) is 8.27. The minimum atomic E-state index is 0.858. The third kappa shape index (κ3) is 6.03. The summed E-state index contributed by atoms with van der Waals surface area (Å²) in [4.78, 5) is 9.38. The highest BCUT2D eigenvalue weighted by Gasteiger charge is 2.07. The second-order valence-electron chi connectivity index (χ2n) is 6.27. The van der Waals surface area contributed by atoms with Gasteiger partial charge in [-0.2, -0.15) is 0 Å². The normalized spacial score (nSPS) is 10.2. The zero-order valence-corrected chi connectivity index (χ0v) is 16.7. The van der Waals surface area contributed by atoms with Crippen molar-refractivity contribution in [2.45, 2.75) is 34.1 Å². The quantitative estimate of drug-likeness (QED) is 0.462. The van der Waals surface area contributed by atoms with Crippen LogP contribution >= 0.6 is 0 Å². The summed E-state index contributed by atoms with van der Waals surface area (Å²) in [7, 11) is 0. The van der Waals surface area contributed by atoms with E-state index in [0.29, 0.717) is 0 Å². The molecule has 0 saturated heterocycles. The fourth-order valence-corrected chi connectivity index (χ4v) is 2.56. The minimum absolute atomic E-state index is 0.858. The van der Waals surface area contributed by atoms with Crippen LogP contribution in [-0.4, -0.2) is 10.7 Å². The average Bonchev–Trinajstić information content (AvgIpc) is 2.70. The molecule has 2 aromatic carbocycles. The van der Waals surface area contributed by atoms with E-state index in [1.165, 1.54) is 6.42 Å². The van der Waals surface area contributed by atoms with E-state index in [1.54, 1.807) is 0 Å². The molecular weight excluding hydrogens is 328 g/mol. The summed E-state index contributed by atoms with van der Waals surface area (Å²) in [5.74, 6) is 0. The fourth-order valence-electron chi connectivity index (χ4n) is 2.56. The molecule has 0 bridgehead atoms. The number of nitrogens with zero attached hydrogens (tertiary/aromatic N) is 2. The number of aromatic nitrogens is 1. The number of rotatable bonds is 4. The summed E-state index contributed by atoms with van der Waals surface area (Å²) in [6.07, 6.45) is 7.16. The number of hydrogen-bond donors (Lipinski definition) is 0. The van der Waals surface area contributed by atoms with Crippen LogP contribution in [0.4, 0.5) is 5.69 Å². The molecule has 0 N–H and O–H groups in total. The summed E-state index contributed by atoms with van der Waals surface area (Å²) < 4.78 is 0. The van der Waals surface area contributed by atoms with Gasteiger partial charge in [-0.25, -0.2) is 4.99 Å². The van der Waals surface area contributed by atoms with E-state index in [9.17, 15) is 0 Å². The lowest BCUT2D eigenvalue weighted by Crippen LogP contribution is -2.02. The predicted octanol–water partition coefficient (Wildman–Crippen LogP) is 7.01. The third-order valence-corrected chi connectivity index (χ3v) is 3.79. The van der Waals surface area contributed by atoms with Crippen LogP contribution in [0.25, 0.3) is 6.08 Å². The summed E-state index contributed by atoms with van der Waals surface area (Å²) in [6, 6.07) is 22.6. The van der Waals surface area contributed by atoms with E-state index in [1.807, 2.05) is 62.5 Å². The predicted molar refractivity (Wildman–Crippen MR) is 118 cm³/mol. The maximum absolute atomic E-state index is 4.90. The molecule has 138 valence electrons. The molecule has 0 aliphatic heterocycles.